The predicted molar refractivity (Wildman–Crippen MR) is 262 cm³/mol. The minimum Gasteiger partial charge on any atom is -0.462 e. The molecule has 0 heterocycles. The second kappa shape index (κ2) is 43.6. The molecular weight excluding hydrogens is 814 g/mol. The molecule has 366 valence electrons. The molecule has 0 fully saturated rings. The van der Waals surface area contributed by atoms with Gasteiger partial charge >= 0.3 is 19.8 Å². The van der Waals surface area contributed by atoms with Gasteiger partial charge in [-0.05, 0) is 70.6 Å². The van der Waals surface area contributed by atoms with E-state index in [2.05, 4.69) is 32.1 Å². The zero-order chi connectivity index (χ0) is 46.5. The Morgan fingerprint density at radius 3 is 1.68 bits per heavy atom. The summed E-state index contributed by atoms with van der Waals surface area (Å²) < 4.78 is 34.3. The first-order valence-corrected chi connectivity index (χ1v) is 26.6. The molecule has 2 N–H and O–H groups in total. The first-order valence-electron chi connectivity index (χ1n) is 25.1. The van der Waals surface area contributed by atoms with Gasteiger partial charge in [-0.3, -0.25) is 18.6 Å². The fraction of sp³-hybridized carbons (Fsp3) is 0.769. The van der Waals surface area contributed by atoms with Crippen molar-refractivity contribution in [2.24, 2.45) is 0 Å². The van der Waals surface area contributed by atoms with Crippen LogP contribution >= 0.6 is 7.82 Å². The normalized spacial score (nSPS) is 14.5. The Balaban J connectivity index is 4.38. The van der Waals surface area contributed by atoms with Crippen LogP contribution in [-0.2, 0) is 32.7 Å². The maximum atomic E-state index is 12.7. The second-order valence-electron chi connectivity index (χ2n) is 18.0. The van der Waals surface area contributed by atoms with Crippen LogP contribution in [0, 0.1) is 0 Å². The van der Waals surface area contributed by atoms with Crippen LogP contribution in [0.1, 0.15) is 200 Å². The summed E-state index contributed by atoms with van der Waals surface area (Å²) in [6.07, 6.45) is 50.2. The smallest absolute Gasteiger partial charge is 0.462 e. The predicted octanol–water partition coefficient (Wildman–Crippen LogP) is 13.8. The Morgan fingerprint density at radius 1 is 0.571 bits per heavy atom. The number of likely N-dealkylation sites (N-methyl/N-ethyl adjacent to an activating group) is 1. The molecule has 0 spiro atoms. The Labute approximate surface area is 386 Å². The van der Waals surface area contributed by atoms with Gasteiger partial charge in [0, 0.05) is 12.8 Å². The molecule has 0 aromatic carbocycles. The fourth-order valence-corrected chi connectivity index (χ4v) is 7.35. The number of nitrogens with zero attached hydrogens (tertiary/aromatic N) is 1. The Kier molecular flexibility index (Phi) is 41.9. The number of carbonyl (C=O) groups is 2. The highest BCUT2D eigenvalue weighted by molar-refractivity contribution is 7.47. The topological polar surface area (TPSA) is 129 Å². The van der Waals surface area contributed by atoms with Crippen LogP contribution in [0.25, 0.3) is 0 Å². The van der Waals surface area contributed by atoms with Crippen LogP contribution in [0.3, 0.4) is 0 Å². The molecule has 0 saturated carbocycles. The molecule has 11 heteroatoms. The number of quaternary nitrogens is 1. The zero-order valence-corrected chi connectivity index (χ0v) is 41.8. The fourth-order valence-electron chi connectivity index (χ4n) is 6.61. The lowest BCUT2D eigenvalue weighted by Crippen LogP contribution is -2.37. The number of rotatable bonds is 45. The van der Waals surface area contributed by atoms with Crippen LogP contribution in [0.4, 0.5) is 0 Å². The molecule has 0 rings (SSSR count). The van der Waals surface area contributed by atoms with E-state index < -0.39 is 38.6 Å². The molecule has 0 aliphatic heterocycles. The van der Waals surface area contributed by atoms with E-state index in [0.29, 0.717) is 30.3 Å². The van der Waals surface area contributed by atoms with Crippen molar-refractivity contribution in [3.05, 3.63) is 60.8 Å². The number of phosphoric acid groups is 1. The monoisotopic (exact) mass is 909 g/mol. The van der Waals surface area contributed by atoms with Crippen LogP contribution < -0.4 is 0 Å². The highest BCUT2D eigenvalue weighted by Gasteiger charge is 2.27. The molecule has 10 nitrogen and oxygen atoms in total. The minimum atomic E-state index is -4.41. The van der Waals surface area contributed by atoms with E-state index in [-0.39, 0.29) is 26.1 Å². The first-order chi connectivity index (χ1) is 30.4. The summed E-state index contributed by atoms with van der Waals surface area (Å²) in [6, 6.07) is 0. The summed E-state index contributed by atoms with van der Waals surface area (Å²) in [5, 5.41) is 10.1. The van der Waals surface area contributed by atoms with E-state index in [4.69, 9.17) is 18.5 Å². The van der Waals surface area contributed by atoms with Gasteiger partial charge < -0.3 is 24.0 Å². The molecule has 1 unspecified atom stereocenters. The maximum Gasteiger partial charge on any atom is 0.472 e. The van der Waals surface area contributed by atoms with Gasteiger partial charge in [-0.25, -0.2) is 4.57 Å². The highest BCUT2D eigenvalue weighted by Crippen LogP contribution is 2.43. The number of hydrogen-bond donors (Lipinski definition) is 2. The maximum absolute atomic E-state index is 12.7. The van der Waals surface area contributed by atoms with Crippen molar-refractivity contribution in [1.82, 2.24) is 0 Å². The summed E-state index contributed by atoms with van der Waals surface area (Å²) in [5.41, 5.74) is 0. The van der Waals surface area contributed by atoms with Crippen LogP contribution in [0.5, 0.6) is 0 Å². The lowest BCUT2D eigenvalue weighted by atomic mass is 10.0. The summed E-state index contributed by atoms with van der Waals surface area (Å²) in [5.74, 6) is -0.905. The van der Waals surface area contributed by atoms with Gasteiger partial charge in [0.25, 0.3) is 0 Å². The van der Waals surface area contributed by atoms with Crippen molar-refractivity contribution >= 4 is 19.8 Å². The van der Waals surface area contributed by atoms with Crippen molar-refractivity contribution in [2.45, 2.75) is 212 Å². The van der Waals surface area contributed by atoms with Crippen LogP contribution in [0.15, 0.2) is 60.8 Å². The number of unbranched alkanes of at least 4 members (excludes halogenated alkanes) is 21. The molecule has 0 amide bonds. The number of esters is 2. The number of hydrogen-bond acceptors (Lipinski definition) is 8. The Morgan fingerprint density at radius 2 is 1.06 bits per heavy atom. The van der Waals surface area contributed by atoms with Crippen molar-refractivity contribution < 1.29 is 47.2 Å². The number of aliphatic hydroxyl groups is 1. The number of aliphatic hydroxyl groups excluding tert-OH is 1. The number of phosphoric ester groups is 1. The lowest BCUT2D eigenvalue weighted by Gasteiger charge is -2.24. The van der Waals surface area contributed by atoms with Crippen molar-refractivity contribution in [3.63, 3.8) is 0 Å². The number of carbonyl (C=O) groups excluding carboxylic acids is 2. The standard InChI is InChI=1S/C52H94NO9P/c1-6-8-10-12-14-15-16-17-18-19-20-21-22-23-24-25-26-27-31-35-39-43-51(55)59-47-50(48-61-63(57,58)60-46-45-53(3,4)5)62-52(56)44-40-36-32-28-30-34-38-42-49(54)41-37-33-29-13-11-9-7-2/h17-18,28-29,32-34,37-38,41,49-50,54H,6-16,19-27,30-31,35-36,39-40,42-48H2,1-5H3/p+1/b18-17-,32-28+,33-29-,38-34-,41-37-/t49-,50+/m0/s1. The SMILES string of the molecule is CCCCC/C=C\C=C/[C@H](O)C/C=C\C/C=C/CCCC(=O)O[C@H](COC(=O)CCCCCCCCCCCCC/C=C\CCCCCCCC)COP(=O)(O)OCC[N+](C)(C)C. The largest absolute Gasteiger partial charge is 0.472 e. The average Bonchev–Trinajstić information content (AvgIpc) is 3.23. The molecule has 63 heavy (non-hydrogen) atoms. The third-order valence-corrected chi connectivity index (χ3v) is 11.6. The van der Waals surface area contributed by atoms with E-state index in [0.717, 1.165) is 32.1 Å². The Hall–Kier alpha value is -2.33. The van der Waals surface area contributed by atoms with E-state index in [9.17, 15) is 24.2 Å². The van der Waals surface area contributed by atoms with Gasteiger partial charge in [0.05, 0.1) is 33.9 Å². The summed E-state index contributed by atoms with van der Waals surface area (Å²) in [6.45, 7) is 4.24. The molecule has 0 aliphatic carbocycles. The molecule has 0 radical (unpaired) electrons. The summed E-state index contributed by atoms with van der Waals surface area (Å²) in [4.78, 5) is 35.5. The molecule has 0 saturated heterocycles. The van der Waals surface area contributed by atoms with Crippen molar-refractivity contribution in [3.8, 4) is 0 Å². The van der Waals surface area contributed by atoms with Gasteiger partial charge in [-0.1, -0.05) is 177 Å². The lowest BCUT2D eigenvalue weighted by molar-refractivity contribution is -0.870. The molecule has 0 aliphatic rings. The molecule has 3 atom stereocenters. The summed E-state index contributed by atoms with van der Waals surface area (Å²) >= 11 is 0. The Bertz CT molecular complexity index is 1270. The molecular formula is C52H95NO9P+. The molecule has 0 aromatic heterocycles. The quantitative estimate of drug-likeness (QED) is 0.0153. The minimum absolute atomic E-state index is 0.00806. The van der Waals surface area contributed by atoms with Gasteiger partial charge in [0.15, 0.2) is 6.10 Å². The zero-order valence-electron chi connectivity index (χ0n) is 40.9. The summed E-state index contributed by atoms with van der Waals surface area (Å²) in [7, 11) is 1.40. The number of allylic oxidation sites excluding steroid dienone is 8. The van der Waals surface area contributed by atoms with E-state index in [1.807, 2.05) is 57.6 Å². The van der Waals surface area contributed by atoms with E-state index in [1.54, 1.807) is 6.08 Å². The number of ether oxygens (including phenoxy) is 2. The van der Waals surface area contributed by atoms with Gasteiger partial charge in [-0.2, -0.15) is 0 Å². The van der Waals surface area contributed by atoms with E-state index in [1.165, 1.54) is 122 Å². The van der Waals surface area contributed by atoms with Gasteiger partial charge in [0.2, 0.25) is 0 Å². The average molecular weight is 909 g/mol. The van der Waals surface area contributed by atoms with Crippen LogP contribution in [-0.4, -0.2) is 86.1 Å². The highest BCUT2D eigenvalue weighted by atomic mass is 31.2. The molecule has 0 aromatic rings. The molecule has 0 bridgehead atoms. The van der Waals surface area contributed by atoms with E-state index >= 15 is 0 Å². The van der Waals surface area contributed by atoms with Crippen LogP contribution in [0.2, 0.25) is 0 Å². The van der Waals surface area contributed by atoms with Gasteiger partial charge in [-0.15, -0.1) is 0 Å². The third-order valence-electron chi connectivity index (χ3n) is 10.6. The first kappa shape index (κ1) is 60.7. The van der Waals surface area contributed by atoms with Crippen molar-refractivity contribution in [2.75, 3.05) is 47.5 Å². The third kappa shape index (κ3) is 47.5. The van der Waals surface area contributed by atoms with Gasteiger partial charge in [0.1, 0.15) is 19.8 Å². The second-order valence-corrected chi connectivity index (χ2v) is 19.5. The van der Waals surface area contributed by atoms with Crippen molar-refractivity contribution in [1.29, 1.82) is 0 Å².